The highest BCUT2D eigenvalue weighted by Crippen LogP contribution is 2.66. The number of aliphatic hydroxyl groups is 1. The molecular formula is C20H28O2. The Hall–Kier alpha value is -0.890. The lowest BCUT2D eigenvalue weighted by molar-refractivity contribution is -0.114. The molecule has 0 bridgehead atoms. The summed E-state index contributed by atoms with van der Waals surface area (Å²) in [5.41, 5.74) is -0.941. The quantitative estimate of drug-likeness (QED) is 0.733. The molecule has 0 radical (unpaired) electrons. The molecule has 1 N–H and O–H groups in total. The van der Waals surface area contributed by atoms with E-state index < -0.39 is 17.9 Å². The number of hydrogen-bond donors (Lipinski definition) is 1. The van der Waals surface area contributed by atoms with Crippen molar-refractivity contribution in [3.8, 4) is 0 Å². The number of rotatable bonds is 0. The fourth-order valence-corrected chi connectivity index (χ4v) is 6.21. The fraction of sp³-hybridized carbons (Fsp3) is 0.750. The van der Waals surface area contributed by atoms with Crippen LogP contribution in [0.3, 0.4) is 0 Å². The van der Waals surface area contributed by atoms with Crippen LogP contribution in [-0.2, 0) is 4.79 Å². The Kier molecular flexibility index (Phi) is 2.29. The number of fused-ring (bicyclic) bond motifs is 5. The van der Waals surface area contributed by atoms with Crippen molar-refractivity contribution in [2.24, 2.45) is 28.6 Å². The number of carbonyl (C=O) groups excluding carboxylic acids is 1. The van der Waals surface area contributed by atoms with Gasteiger partial charge in [-0.15, -0.1) is 0 Å². The molecule has 0 spiro atoms. The molecule has 6 atom stereocenters. The lowest BCUT2D eigenvalue weighted by Gasteiger charge is -2.57. The number of carbonyl (C=O) groups is 1. The highest BCUT2D eigenvalue weighted by atomic mass is 16.3. The summed E-state index contributed by atoms with van der Waals surface area (Å²) in [5.74, 6) is 1.20. The summed E-state index contributed by atoms with van der Waals surface area (Å²) >= 11 is 0. The van der Waals surface area contributed by atoms with Crippen LogP contribution in [0.15, 0.2) is 23.8 Å². The van der Waals surface area contributed by atoms with Gasteiger partial charge >= 0.3 is 0 Å². The van der Waals surface area contributed by atoms with E-state index in [-0.39, 0.29) is 17.1 Å². The molecule has 22 heavy (non-hydrogen) atoms. The Morgan fingerprint density at radius 1 is 1.23 bits per heavy atom. The third-order valence-electron chi connectivity index (χ3n) is 7.71. The molecular weight excluding hydrogens is 272 g/mol. The van der Waals surface area contributed by atoms with E-state index in [1.165, 1.54) is 5.57 Å². The first-order chi connectivity index (χ1) is 11.5. The zero-order valence-corrected chi connectivity index (χ0v) is 13.6. The first-order valence-electron chi connectivity index (χ1n) is 10.2. The van der Waals surface area contributed by atoms with Gasteiger partial charge in [0.1, 0.15) is 0 Å². The monoisotopic (exact) mass is 303 g/mol. The molecule has 0 aromatic heterocycles. The standard InChI is InChI=1S/C20H28O2/c1-18-9-6-14(21)12-13(18)4-5-15-16(18)7-10-19(2)17(15)8-11-20(19,3)22/h6,9,12,15-17,22H,4-5,7-8,10-11H2,1-3H3/t15-,16+,17+,18+,19+,20+/m0/s1/i3D3. The average Bonchev–Trinajstić information content (AvgIpc) is 2.81. The minimum atomic E-state index is -2.33. The minimum Gasteiger partial charge on any atom is -0.390 e. The Morgan fingerprint density at radius 3 is 2.77 bits per heavy atom. The van der Waals surface area contributed by atoms with E-state index in [9.17, 15) is 9.90 Å². The Morgan fingerprint density at radius 2 is 2.00 bits per heavy atom. The van der Waals surface area contributed by atoms with E-state index in [2.05, 4.69) is 13.0 Å². The second-order valence-corrected chi connectivity index (χ2v) is 8.46. The van der Waals surface area contributed by atoms with E-state index in [1.54, 1.807) is 6.08 Å². The van der Waals surface area contributed by atoms with Gasteiger partial charge < -0.3 is 5.11 Å². The van der Waals surface area contributed by atoms with Crippen LogP contribution in [0.5, 0.6) is 0 Å². The van der Waals surface area contributed by atoms with Crippen molar-refractivity contribution in [2.75, 3.05) is 0 Å². The van der Waals surface area contributed by atoms with Crippen LogP contribution in [0.25, 0.3) is 0 Å². The summed E-state index contributed by atoms with van der Waals surface area (Å²) in [5, 5.41) is 11.2. The maximum Gasteiger partial charge on any atom is 0.178 e. The molecule has 3 fully saturated rings. The summed E-state index contributed by atoms with van der Waals surface area (Å²) in [7, 11) is 0. The Labute approximate surface area is 137 Å². The second-order valence-electron chi connectivity index (χ2n) is 8.46. The molecule has 2 heteroatoms. The number of allylic oxidation sites excluding steroid dienone is 4. The topological polar surface area (TPSA) is 37.3 Å². The van der Waals surface area contributed by atoms with Gasteiger partial charge in [0.15, 0.2) is 5.78 Å². The van der Waals surface area contributed by atoms with Gasteiger partial charge in [-0.3, -0.25) is 4.79 Å². The summed E-state index contributed by atoms with van der Waals surface area (Å²) in [6.45, 7) is 1.93. The predicted molar refractivity (Wildman–Crippen MR) is 87.2 cm³/mol. The van der Waals surface area contributed by atoms with Gasteiger partial charge in [-0.2, -0.15) is 0 Å². The zero-order chi connectivity index (χ0) is 18.3. The van der Waals surface area contributed by atoms with Crippen LogP contribution in [0.2, 0.25) is 0 Å². The molecule has 4 rings (SSSR count). The molecule has 0 unspecified atom stereocenters. The molecule has 4 aliphatic carbocycles. The highest BCUT2D eigenvalue weighted by Gasteiger charge is 2.61. The van der Waals surface area contributed by atoms with Crippen LogP contribution in [0.4, 0.5) is 0 Å². The maximum absolute atomic E-state index is 11.8. The second kappa shape index (κ2) is 4.35. The van der Waals surface area contributed by atoms with Crippen molar-refractivity contribution < 1.29 is 14.0 Å². The third kappa shape index (κ3) is 1.68. The van der Waals surface area contributed by atoms with Crippen LogP contribution < -0.4 is 0 Å². The van der Waals surface area contributed by atoms with Crippen molar-refractivity contribution >= 4 is 5.78 Å². The summed E-state index contributed by atoms with van der Waals surface area (Å²) in [6.07, 6.45) is 10.4. The molecule has 3 saturated carbocycles. The predicted octanol–water partition coefficient (Wildman–Crippen LogP) is 4.05. The third-order valence-corrected chi connectivity index (χ3v) is 7.71. The molecule has 0 saturated heterocycles. The van der Waals surface area contributed by atoms with E-state index in [4.69, 9.17) is 4.11 Å². The molecule has 120 valence electrons. The Bertz CT molecular complexity index is 679. The summed E-state index contributed by atoms with van der Waals surface area (Å²) < 4.78 is 23.8. The lowest BCUT2D eigenvalue weighted by Crippen LogP contribution is -2.53. The Balaban J connectivity index is 1.71. The van der Waals surface area contributed by atoms with Gasteiger partial charge in [0.2, 0.25) is 0 Å². The van der Waals surface area contributed by atoms with Crippen LogP contribution in [-0.4, -0.2) is 16.5 Å². The van der Waals surface area contributed by atoms with E-state index in [0.29, 0.717) is 18.3 Å². The van der Waals surface area contributed by atoms with Crippen molar-refractivity contribution in [1.29, 1.82) is 0 Å². The van der Waals surface area contributed by atoms with Crippen molar-refractivity contribution in [2.45, 2.75) is 64.8 Å². The molecule has 0 heterocycles. The van der Waals surface area contributed by atoms with Crippen LogP contribution in [0.1, 0.15) is 63.3 Å². The fourth-order valence-electron chi connectivity index (χ4n) is 6.21. The molecule has 0 aromatic carbocycles. The van der Waals surface area contributed by atoms with Crippen molar-refractivity contribution in [3.63, 3.8) is 0 Å². The lowest BCUT2D eigenvalue weighted by atomic mass is 9.47. The van der Waals surface area contributed by atoms with Gasteiger partial charge in [0.05, 0.1) is 5.60 Å². The van der Waals surface area contributed by atoms with Gasteiger partial charge in [0.25, 0.3) is 0 Å². The van der Waals surface area contributed by atoms with E-state index in [1.807, 2.05) is 13.0 Å². The molecule has 4 aliphatic rings. The van der Waals surface area contributed by atoms with Gasteiger partial charge in [-0.05, 0) is 80.7 Å². The zero-order valence-electron chi connectivity index (χ0n) is 16.6. The van der Waals surface area contributed by atoms with Gasteiger partial charge in [-0.1, -0.05) is 25.5 Å². The number of ketones is 1. The van der Waals surface area contributed by atoms with E-state index >= 15 is 0 Å². The van der Waals surface area contributed by atoms with Crippen LogP contribution in [0, 0.1) is 28.6 Å². The number of hydrogen-bond acceptors (Lipinski definition) is 2. The van der Waals surface area contributed by atoms with Gasteiger partial charge in [-0.25, -0.2) is 0 Å². The first kappa shape index (κ1) is 11.6. The van der Waals surface area contributed by atoms with Crippen LogP contribution >= 0.6 is 0 Å². The SMILES string of the molecule is [2H]C([2H])([2H])[C@@]1(O)CC[C@@H]2[C@H]3CCC4=CC(=O)C=C[C@@]4(C)[C@@H]3CC[C@]21C. The normalized spacial score (nSPS) is 56.1. The van der Waals surface area contributed by atoms with Gasteiger partial charge in [0, 0.05) is 9.53 Å². The van der Waals surface area contributed by atoms with Crippen molar-refractivity contribution in [3.05, 3.63) is 23.8 Å². The molecule has 0 aromatic rings. The first-order valence-corrected chi connectivity index (χ1v) is 8.70. The molecule has 0 amide bonds. The highest BCUT2D eigenvalue weighted by molar-refractivity contribution is 6.01. The summed E-state index contributed by atoms with van der Waals surface area (Å²) in [4.78, 5) is 11.8. The smallest absolute Gasteiger partial charge is 0.178 e. The molecule has 2 nitrogen and oxygen atoms in total. The summed E-state index contributed by atoms with van der Waals surface area (Å²) in [6, 6.07) is 0. The van der Waals surface area contributed by atoms with E-state index in [0.717, 1.165) is 32.1 Å². The average molecular weight is 303 g/mol. The van der Waals surface area contributed by atoms with Crippen molar-refractivity contribution in [1.82, 2.24) is 0 Å². The largest absolute Gasteiger partial charge is 0.390 e. The minimum absolute atomic E-state index is 0.0845. The molecule has 0 aliphatic heterocycles. The maximum atomic E-state index is 11.8.